The molecule has 1 aromatic carbocycles. The van der Waals surface area contributed by atoms with Gasteiger partial charge in [-0.3, -0.25) is 34.2 Å². The van der Waals surface area contributed by atoms with Gasteiger partial charge in [0.15, 0.2) is 0 Å². The second-order valence-corrected chi connectivity index (χ2v) is 7.22. The van der Waals surface area contributed by atoms with Crippen molar-refractivity contribution in [1.29, 1.82) is 0 Å². The highest BCUT2D eigenvalue weighted by molar-refractivity contribution is 6.23. The van der Waals surface area contributed by atoms with Crippen molar-refractivity contribution < 1.29 is 24.0 Å². The van der Waals surface area contributed by atoms with Gasteiger partial charge in [-0.15, -0.1) is 0 Å². The minimum absolute atomic E-state index is 0.0708. The zero-order valence-corrected chi connectivity index (χ0v) is 15.1. The number of amides is 5. The molecule has 3 aliphatic rings. The van der Waals surface area contributed by atoms with E-state index in [9.17, 15) is 24.0 Å². The van der Waals surface area contributed by atoms with Gasteiger partial charge in [-0.2, -0.15) is 0 Å². The Balaban J connectivity index is 1.53. The number of carbonyl (C=O) groups excluding carboxylic acids is 5. The summed E-state index contributed by atoms with van der Waals surface area (Å²) in [6.45, 7) is 1.58. The van der Waals surface area contributed by atoms with Crippen molar-refractivity contribution in [2.75, 3.05) is 18.4 Å². The number of hydrogen-bond donors (Lipinski definition) is 3. The minimum Gasteiger partial charge on any atom is -0.326 e. The predicted molar refractivity (Wildman–Crippen MR) is 97.3 cm³/mol. The molecule has 1 aromatic rings. The molecule has 5 amide bonds. The highest BCUT2D eigenvalue weighted by Crippen LogP contribution is 2.29. The molecule has 1 atom stereocenters. The van der Waals surface area contributed by atoms with Crippen molar-refractivity contribution in [3.05, 3.63) is 29.3 Å². The maximum absolute atomic E-state index is 12.8. The average molecular weight is 384 g/mol. The summed E-state index contributed by atoms with van der Waals surface area (Å²) in [7, 11) is 0. The summed E-state index contributed by atoms with van der Waals surface area (Å²) in [6.07, 6.45) is 1.67. The Morgan fingerprint density at radius 3 is 2.43 bits per heavy atom. The van der Waals surface area contributed by atoms with Gasteiger partial charge in [-0.25, -0.2) is 0 Å². The lowest BCUT2D eigenvalue weighted by Crippen LogP contribution is -2.54. The molecular formula is C19H20N4O5. The highest BCUT2D eigenvalue weighted by Gasteiger charge is 2.44. The van der Waals surface area contributed by atoms with Gasteiger partial charge in [-0.05, 0) is 50.6 Å². The largest absolute Gasteiger partial charge is 0.326 e. The average Bonchev–Trinajstić information content (AvgIpc) is 2.93. The fourth-order valence-corrected chi connectivity index (χ4v) is 3.88. The molecular weight excluding hydrogens is 364 g/mol. The molecule has 3 aliphatic heterocycles. The fraction of sp³-hybridized carbons (Fsp3) is 0.421. The first kappa shape index (κ1) is 18.3. The number of piperidine rings is 2. The van der Waals surface area contributed by atoms with E-state index in [1.54, 1.807) is 6.07 Å². The summed E-state index contributed by atoms with van der Waals surface area (Å²) < 4.78 is 0. The Morgan fingerprint density at radius 2 is 1.71 bits per heavy atom. The second-order valence-electron chi connectivity index (χ2n) is 7.22. The number of carbonyl (C=O) groups is 5. The molecule has 3 N–H and O–H groups in total. The maximum atomic E-state index is 12.8. The Kier molecular flexibility index (Phi) is 4.68. The normalized spacial score (nSPS) is 22.9. The molecule has 0 radical (unpaired) electrons. The van der Waals surface area contributed by atoms with Crippen LogP contribution in [0.25, 0.3) is 0 Å². The predicted octanol–water partition coefficient (Wildman–Crippen LogP) is 0.0259. The third kappa shape index (κ3) is 3.18. The summed E-state index contributed by atoms with van der Waals surface area (Å²) >= 11 is 0. The van der Waals surface area contributed by atoms with Crippen LogP contribution in [0.15, 0.2) is 18.2 Å². The lowest BCUT2D eigenvalue weighted by molar-refractivity contribution is -0.136. The Bertz CT molecular complexity index is 890. The van der Waals surface area contributed by atoms with Crippen LogP contribution in [-0.2, 0) is 14.4 Å². The maximum Gasteiger partial charge on any atom is 0.262 e. The summed E-state index contributed by atoms with van der Waals surface area (Å²) in [4.78, 5) is 62.2. The smallest absolute Gasteiger partial charge is 0.262 e. The molecule has 9 heteroatoms. The van der Waals surface area contributed by atoms with Crippen molar-refractivity contribution >= 4 is 35.2 Å². The molecule has 4 rings (SSSR count). The molecule has 1 unspecified atom stereocenters. The van der Waals surface area contributed by atoms with Gasteiger partial charge in [-0.1, -0.05) is 0 Å². The Morgan fingerprint density at radius 1 is 1.00 bits per heavy atom. The van der Waals surface area contributed by atoms with Crippen molar-refractivity contribution in [2.24, 2.45) is 5.92 Å². The monoisotopic (exact) mass is 384 g/mol. The molecule has 2 fully saturated rings. The number of imide groups is 2. The van der Waals surface area contributed by atoms with Gasteiger partial charge in [0.05, 0.1) is 11.1 Å². The van der Waals surface area contributed by atoms with Crippen LogP contribution in [0.4, 0.5) is 5.69 Å². The SMILES string of the molecule is O=C1CCC(N2C(=O)c3ccc(NC(=O)C4CCNCC4)cc3C2=O)C(=O)N1. The number of fused-ring (bicyclic) bond motifs is 1. The summed E-state index contributed by atoms with van der Waals surface area (Å²) in [5.41, 5.74) is 0.779. The number of nitrogens with one attached hydrogen (secondary N) is 3. The van der Waals surface area contributed by atoms with Crippen LogP contribution < -0.4 is 16.0 Å². The number of benzene rings is 1. The summed E-state index contributed by atoms with van der Waals surface area (Å²) in [5, 5.41) is 8.17. The van der Waals surface area contributed by atoms with E-state index in [0.717, 1.165) is 30.8 Å². The quantitative estimate of drug-likeness (QED) is 0.632. The fourth-order valence-electron chi connectivity index (χ4n) is 3.88. The molecule has 146 valence electrons. The van der Waals surface area contributed by atoms with E-state index < -0.39 is 29.7 Å². The number of rotatable bonds is 3. The molecule has 28 heavy (non-hydrogen) atoms. The van der Waals surface area contributed by atoms with E-state index in [1.807, 2.05) is 0 Å². The number of hydrogen-bond acceptors (Lipinski definition) is 6. The topological polar surface area (TPSA) is 125 Å². The zero-order chi connectivity index (χ0) is 19.8. The molecule has 2 saturated heterocycles. The highest BCUT2D eigenvalue weighted by atomic mass is 16.2. The molecule has 0 aromatic heterocycles. The van der Waals surface area contributed by atoms with Crippen LogP contribution in [0.3, 0.4) is 0 Å². The van der Waals surface area contributed by atoms with Gasteiger partial charge >= 0.3 is 0 Å². The molecule has 0 bridgehead atoms. The van der Waals surface area contributed by atoms with E-state index in [2.05, 4.69) is 16.0 Å². The van der Waals surface area contributed by atoms with Crippen LogP contribution >= 0.6 is 0 Å². The van der Waals surface area contributed by atoms with Crippen LogP contribution in [0.5, 0.6) is 0 Å². The van der Waals surface area contributed by atoms with Gasteiger partial charge in [0.1, 0.15) is 6.04 Å². The first-order valence-corrected chi connectivity index (χ1v) is 9.33. The zero-order valence-electron chi connectivity index (χ0n) is 15.1. The van der Waals surface area contributed by atoms with Crippen molar-refractivity contribution in [3.63, 3.8) is 0 Å². The molecule has 0 spiro atoms. The lowest BCUT2D eigenvalue weighted by atomic mass is 9.97. The Labute approximate surface area is 160 Å². The number of anilines is 1. The lowest BCUT2D eigenvalue weighted by Gasteiger charge is -2.27. The van der Waals surface area contributed by atoms with Gasteiger partial charge in [0.25, 0.3) is 11.8 Å². The molecule has 0 saturated carbocycles. The van der Waals surface area contributed by atoms with Gasteiger partial charge in [0.2, 0.25) is 17.7 Å². The van der Waals surface area contributed by atoms with E-state index in [4.69, 9.17) is 0 Å². The van der Waals surface area contributed by atoms with Crippen molar-refractivity contribution in [3.8, 4) is 0 Å². The third-order valence-electron chi connectivity index (χ3n) is 5.42. The third-order valence-corrected chi connectivity index (χ3v) is 5.42. The van der Waals surface area contributed by atoms with Crippen LogP contribution in [0, 0.1) is 5.92 Å². The molecule has 0 aliphatic carbocycles. The van der Waals surface area contributed by atoms with E-state index >= 15 is 0 Å². The second kappa shape index (κ2) is 7.16. The minimum atomic E-state index is -1.00. The van der Waals surface area contributed by atoms with Crippen LogP contribution in [-0.4, -0.2) is 53.6 Å². The Hall–Kier alpha value is -3.07. The van der Waals surface area contributed by atoms with E-state index in [0.29, 0.717) is 5.69 Å². The summed E-state index contributed by atoms with van der Waals surface area (Å²) in [5.74, 6) is -2.42. The first-order valence-electron chi connectivity index (χ1n) is 9.33. The van der Waals surface area contributed by atoms with E-state index in [1.165, 1.54) is 12.1 Å². The first-order chi connectivity index (χ1) is 13.5. The van der Waals surface area contributed by atoms with Crippen molar-refractivity contribution in [2.45, 2.75) is 31.7 Å². The molecule has 9 nitrogen and oxygen atoms in total. The standard InChI is InChI=1S/C19H20N4O5/c24-15-4-3-14(17(26)22-15)23-18(27)12-2-1-11(9-13(12)19(23)28)21-16(25)10-5-7-20-8-6-10/h1-2,9-10,14,20H,3-8H2,(H,21,25)(H,22,24,26). The van der Waals surface area contributed by atoms with Crippen LogP contribution in [0.2, 0.25) is 0 Å². The van der Waals surface area contributed by atoms with E-state index in [-0.39, 0.29) is 35.8 Å². The molecule has 3 heterocycles. The van der Waals surface area contributed by atoms with Gasteiger partial charge < -0.3 is 10.6 Å². The number of nitrogens with zero attached hydrogens (tertiary/aromatic N) is 1. The van der Waals surface area contributed by atoms with Crippen LogP contribution in [0.1, 0.15) is 46.4 Å². The summed E-state index contributed by atoms with van der Waals surface area (Å²) in [6, 6.07) is 3.54. The van der Waals surface area contributed by atoms with Crippen molar-refractivity contribution in [1.82, 2.24) is 15.5 Å². The van der Waals surface area contributed by atoms with Gasteiger partial charge in [0, 0.05) is 18.0 Å².